The van der Waals surface area contributed by atoms with Crippen LogP contribution in [0.2, 0.25) is 0 Å². The Morgan fingerprint density at radius 2 is 2.00 bits per heavy atom. The van der Waals surface area contributed by atoms with Crippen LogP contribution in [0.5, 0.6) is 0 Å². The molecule has 4 nitrogen and oxygen atoms in total. The molecule has 14 heavy (non-hydrogen) atoms. The Hall–Kier alpha value is -0.820. The second kappa shape index (κ2) is 3.39. The molecule has 0 saturated carbocycles. The molecule has 1 aliphatic heterocycles. The van der Waals surface area contributed by atoms with Crippen molar-refractivity contribution in [1.29, 1.82) is 0 Å². The van der Waals surface area contributed by atoms with Gasteiger partial charge >= 0.3 is 12.1 Å². The van der Waals surface area contributed by atoms with Crippen molar-refractivity contribution in [1.82, 2.24) is 0 Å². The summed E-state index contributed by atoms with van der Waals surface area (Å²) in [5.41, 5.74) is 1.87. The second-order valence-electron chi connectivity index (χ2n) is 3.26. The maximum atomic E-state index is 12.2. The normalized spacial score (nSPS) is 22.4. The first-order chi connectivity index (χ1) is 6.25. The zero-order chi connectivity index (χ0) is 11.0. The lowest BCUT2D eigenvalue weighted by Crippen LogP contribution is -2.59. The van der Waals surface area contributed by atoms with Crippen LogP contribution in [0.15, 0.2) is 0 Å². The minimum absolute atomic E-state index is 0.125. The van der Waals surface area contributed by atoms with E-state index < -0.39 is 23.8 Å². The van der Waals surface area contributed by atoms with Crippen LogP contribution in [0.25, 0.3) is 0 Å². The van der Waals surface area contributed by atoms with Gasteiger partial charge in [0.25, 0.3) is 0 Å². The van der Waals surface area contributed by atoms with Crippen LogP contribution in [0.3, 0.4) is 0 Å². The van der Waals surface area contributed by atoms with Crippen molar-refractivity contribution in [2.45, 2.75) is 24.7 Å². The van der Waals surface area contributed by atoms with Crippen LogP contribution in [-0.2, 0) is 14.3 Å². The van der Waals surface area contributed by atoms with Gasteiger partial charge in [-0.15, -0.1) is 0 Å². The van der Waals surface area contributed by atoms with Gasteiger partial charge in [-0.05, 0) is 6.92 Å². The molecule has 0 spiro atoms. The third kappa shape index (κ3) is 1.98. The van der Waals surface area contributed by atoms with Gasteiger partial charge in [0.15, 0.2) is 0 Å². The van der Waals surface area contributed by atoms with Gasteiger partial charge in [-0.25, -0.2) is 4.79 Å². The molecular weight excluding hydrogens is 203 g/mol. The zero-order valence-corrected chi connectivity index (χ0v) is 7.43. The Morgan fingerprint density at radius 1 is 1.50 bits per heavy atom. The fourth-order valence-corrected chi connectivity index (χ4v) is 0.672. The molecule has 1 unspecified atom stereocenters. The van der Waals surface area contributed by atoms with Crippen molar-refractivity contribution in [3.63, 3.8) is 0 Å². The molecule has 0 radical (unpaired) electrons. The van der Waals surface area contributed by atoms with Crippen molar-refractivity contribution >= 4 is 5.97 Å². The molecule has 0 aliphatic carbocycles. The highest BCUT2D eigenvalue weighted by Gasteiger charge is 2.55. The highest BCUT2D eigenvalue weighted by atomic mass is 19.4. The molecule has 1 saturated heterocycles. The van der Waals surface area contributed by atoms with Gasteiger partial charge < -0.3 is 15.2 Å². The van der Waals surface area contributed by atoms with E-state index in [9.17, 15) is 18.0 Å². The molecule has 7 heteroatoms. The van der Waals surface area contributed by atoms with Crippen LogP contribution >= 0.6 is 0 Å². The molecule has 0 bridgehead atoms. The number of carbonyl (C=O) groups excluding carboxylic acids is 1. The van der Waals surface area contributed by atoms with Gasteiger partial charge in [0.1, 0.15) is 6.10 Å². The summed E-state index contributed by atoms with van der Waals surface area (Å²) in [5, 5.41) is 0. The number of hydrogen-bond acceptors (Lipinski definition) is 4. The summed E-state index contributed by atoms with van der Waals surface area (Å²) in [7, 11) is 0. The average Bonchev–Trinajstić information content (AvgIpc) is 1.93. The molecule has 2 N–H and O–H groups in total. The summed E-state index contributed by atoms with van der Waals surface area (Å²) in [6, 6.07) is 0. The standard InChI is InChI=1S/C7H10F3NO3/c1-6(11,7(8,9)10)5(12)14-4-2-13-3-4/h4H,2-3,11H2,1H3. The van der Waals surface area contributed by atoms with E-state index in [1.807, 2.05) is 0 Å². The molecule has 0 aromatic heterocycles. The Kier molecular flexibility index (Phi) is 2.73. The number of nitrogens with two attached hydrogens (primary N) is 1. The Labute approximate surface area is 78.1 Å². The van der Waals surface area contributed by atoms with Crippen LogP contribution < -0.4 is 5.73 Å². The molecule has 1 atom stereocenters. The van der Waals surface area contributed by atoms with Gasteiger partial charge in [0, 0.05) is 0 Å². The van der Waals surface area contributed by atoms with E-state index in [1.54, 1.807) is 0 Å². The quantitative estimate of drug-likeness (QED) is 0.666. The topological polar surface area (TPSA) is 61.6 Å². The summed E-state index contributed by atoms with van der Waals surface area (Å²) in [5.74, 6) is -1.47. The number of esters is 1. The molecule has 0 aromatic carbocycles. The van der Waals surface area contributed by atoms with Crippen molar-refractivity contribution in [2.75, 3.05) is 13.2 Å². The minimum atomic E-state index is -4.81. The first-order valence-electron chi connectivity index (χ1n) is 3.89. The van der Waals surface area contributed by atoms with Crippen molar-refractivity contribution in [3.8, 4) is 0 Å². The lowest BCUT2D eigenvalue weighted by molar-refractivity contribution is -0.215. The van der Waals surface area contributed by atoms with Gasteiger partial charge in [-0.1, -0.05) is 0 Å². The summed E-state index contributed by atoms with van der Waals surface area (Å²) < 4.78 is 45.7. The SMILES string of the molecule is CC(N)(C(=O)OC1COC1)C(F)(F)F. The van der Waals surface area contributed by atoms with Crippen LogP contribution in [0.4, 0.5) is 13.2 Å². The number of hydrogen-bond donors (Lipinski definition) is 1. The Morgan fingerprint density at radius 3 is 2.29 bits per heavy atom. The predicted octanol–water partition coefficient (Wildman–Crippen LogP) is 0.208. The Balaban J connectivity index is 2.57. The third-order valence-electron chi connectivity index (χ3n) is 1.89. The summed E-state index contributed by atoms with van der Waals surface area (Å²) in [6.07, 6.45) is -5.41. The number of alkyl halides is 3. The second-order valence-corrected chi connectivity index (χ2v) is 3.26. The lowest BCUT2D eigenvalue weighted by Gasteiger charge is -2.31. The molecule has 1 rings (SSSR count). The van der Waals surface area contributed by atoms with Crippen molar-refractivity contribution < 1.29 is 27.4 Å². The van der Waals surface area contributed by atoms with E-state index in [0.29, 0.717) is 6.92 Å². The molecule has 82 valence electrons. The molecular formula is C7H10F3NO3. The van der Waals surface area contributed by atoms with Gasteiger partial charge in [-0.3, -0.25) is 0 Å². The number of ether oxygens (including phenoxy) is 2. The molecule has 1 fully saturated rings. The van der Waals surface area contributed by atoms with Gasteiger partial charge in [-0.2, -0.15) is 13.2 Å². The number of halogens is 3. The van der Waals surface area contributed by atoms with E-state index in [0.717, 1.165) is 0 Å². The first-order valence-corrected chi connectivity index (χ1v) is 3.89. The fraction of sp³-hybridized carbons (Fsp3) is 0.857. The number of carbonyl (C=O) groups is 1. The predicted molar refractivity (Wildman–Crippen MR) is 39.3 cm³/mol. The monoisotopic (exact) mass is 213 g/mol. The van der Waals surface area contributed by atoms with Crippen LogP contribution in [0, 0.1) is 0 Å². The van der Waals surface area contributed by atoms with E-state index in [-0.39, 0.29) is 13.2 Å². The van der Waals surface area contributed by atoms with E-state index in [2.05, 4.69) is 9.47 Å². The minimum Gasteiger partial charge on any atom is -0.456 e. The van der Waals surface area contributed by atoms with E-state index in [4.69, 9.17) is 5.73 Å². The molecule has 1 heterocycles. The molecule has 1 aliphatic rings. The summed E-state index contributed by atoms with van der Waals surface area (Å²) in [4.78, 5) is 11.0. The smallest absolute Gasteiger partial charge is 0.416 e. The highest BCUT2D eigenvalue weighted by molar-refractivity contribution is 5.81. The zero-order valence-electron chi connectivity index (χ0n) is 7.43. The summed E-state index contributed by atoms with van der Waals surface area (Å²) in [6.45, 7) is 0.828. The highest BCUT2D eigenvalue weighted by Crippen LogP contribution is 2.29. The maximum absolute atomic E-state index is 12.2. The largest absolute Gasteiger partial charge is 0.456 e. The van der Waals surface area contributed by atoms with Gasteiger partial charge in [0.05, 0.1) is 13.2 Å². The average molecular weight is 213 g/mol. The van der Waals surface area contributed by atoms with Crippen molar-refractivity contribution in [3.05, 3.63) is 0 Å². The molecule has 0 aromatic rings. The third-order valence-corrected chi connectivity index (χ3v) is 1.89. The number of rotatable bonds is 2. The van der Waals surface area contributed by atoms with E-state index >= 15 is 0 Å². The maximum Gasteiger partial charge on any atom is 0.416 e. The lowest BCUT2D eigenvalue weighted by atomic mass is 10.0. The first kappa shape index (κ1) is 11.3. The molecule has 0 amide bonds. The van der Waals surface area contributed by atoms with Gasteiger partial charge in [0.2, 0.25) is 5.54 Å². The summed E-state index contributed by atoms with van der Waals surface area (Å²) >= 11 is 0. The van der Waals surface area contributed by atoms with Crippen molar-refractivity contribution in [2.24, 2.45) is 5.73 Å². The van der Waals surface area contributed by atoms with Crippen LogP contribution in [0.1, 0.15) is 6.92 Å². The fourth-order valence-electron chi connectivity index (χ4n) is 0.672. The van der Waals surface area contributed by atoms with Crippen LogP contribution in [-0.4, -0.2) is 37.0 Å². The Bertz CT molecular complexity index is 235. The van der Waals surface area contributed by atoms with E-state index in [1.165, 1.54) is 0 Å².